The molecule has 1 unspecified atom stereocenters. The molecule has 1 heterocycles. The van der Waals surface area contributed by atoms with Gasteiger partial charge < -0.3 is 14.8 Å². The highest BCUT2D eigenvalue weighted by molar-refractivity contribution is 7.20. The molecule has 1 aromatic carbocycles. The Balaban J connectivity index is 2.02. The number of thiophene rings is 1. The molecular weight excluding hydrogens is 329 g/mol. The molecule has 0 aliphatic carbocycles. The average Bonchev–Trinajstić information content (AvgIpc) is 2.78. The summed E-state index contributed by atoms with van der Waals surface area (Å²) in [6.45, 7) is 3.14. The van der Waals surface area contributed by atoms with Crippen molar-refractivity contribution in [3.05, 3.63) is 44.6 Å². The van der Waals surface area contributed by atoms with Crippen LogP contribution in [0.3, 0.4) is 0 Å². The molecule has 0 radical (unpaired) electrons. The number of benzene rings is 1. The molecule has 0 saturated heterocycles. The number of hydrogen-bond acceptors (Lipinski definition) is 4. The van der Waals surface area contributed by atoms with Crippen molar-refractivity contribution in [1.82, 2.24) is 0 Å². The van der Waals surface area contributed by atoms with Gasteiger partial charge in [-0.25, -0.2) is 0 Å². The van der Waals surface area contributed by atoms with Gasteiger partial charge in [0.2, 0.25) is 0 Å². The SMILES string of the molecule is COCCOc1cccc(NC(C)c2cc(Cl)sc2Cl)c1. The molecule has 1 N–H and O–H groups in total. The van der Waals surface area contributed by atoms with E-state index in [1.807, 2.05) is 37.3 Å². The minimum atomic E-state index is 0.0653. The summed E-state index contributed by atoms with van der Waals surface area (Å²) in [7, 11) is 1.65. The van der Waals surface area contributed by atoms with E-state index in [4.69, 9.17) is 32.7 Å². The van der Waals surface area contributed by atoms with Crippen LogP contribution in [0.4, 0.5) is 5.69 Å². The molecule has 0 bridgehead atoms. The second-order valence-corrected chi connectivity index (χ2v) is 6.80. The third-order valence-electron chi connectivity index (χ3n) is 2.92. The lowest BCUT2D eigenvalue weighted by atomic mass is 10.1. The zero-order chi connectivity index (χ0) is 15.2. The highest BCUT2D eigenvalue weighted by Gasteiger charge is 2.13. The molecule has 0 fully saturated rings. The fourth-order valence-corrected chi connectivity index (χ4v) is 3.54. The highest BCUT2D eigenvalue weighted by Crippen LogP contribution is 2.36. The van der Waals surface area contributed by atoms with Crippen molar-refractivity contribution < 1.29 is 9.47 Å². The Labute approximate surface area is 138 Å². The van der Waals surface area contributed by atoms with Crippen LogP contribution in [0.2, 0.25) is 8.67 Å². The third-order valence-corrected chi connectivity index (χ3v) is 4.44. The number of nitrogens with one attached hydrogen (secondary N) is 1. The van der Waals surface area contributed by atoms with E-state index in [0.717, 1.165) is 17.0 Å². The quantitative estimate of drug-likeness (QED) is 0.694. The van der Waals surface area contributed by atoms with E-state index in [9.17, 15) is 0 Å². The number of ether oxygens (including phenoxy) is 2. The first-order valence-corrected chi connectivity index (χ1v) is 8.10. The number of anilines is 1. The van der Waals surface area contributed by atoms with Crippen molar-refractivity contribution in [3.8, 4) is 5.75 Å². The molecule has 21 heavy (non-hydrogen) atoms. The first kappa shape index (κ1) is 16.4. The van der Waals surface area contributed by atoms with Gasteiger partial charge >= 0.3 is 0 Å². The zero-order valence-electron chi connectivity index (χ0n) is 11.9. The van der Waals surface area contributed by atoms with E-state index >= 15 is 0 Å². The summed E-state index contributed by atoms with van der Waals surface area (Å²) in [4.78, 5) is 0. The van der Waals surface area contributed by atoms with Crippen molar-refractivity contribution in [2.45, 2.75) is 13.0 Å². The van der Waals surface area contributed by atoms with Gasteiger partial charge in [0.25, 0.3) is 0 Å². The van der Waals surface area contributed by atoms with Crippen LogP contribution in [-0.4, -0.2) is 20.3 Å². The number of halogens is 2. The van der Waals surface area contributed by atoms with Crippen LogP contribution in [0.5, 0.6) is 5.75 Å². The topological polar surface area (TPSA) is 30.5 Å². The summed E-state index contributed by atoms with van der Waals surface area (Å²) in [5, 5.41) is 3.40. The smallest absolute Gasteiger partial charge is 0.121 e. The third kappa shape index (κ3) is 4.78. The van der Waals surface area contributed by atoms with Crippen LogP contribution >= 0.6 is 34.5 Å². The second kappa shape index (κ2) is 7.90. The first-order chi connectivity index (χ1) is 10.1. The van der Waals surface area contributed by atoms with Gasteiger partial charge in [0.05, 0.1) is 21.3 Å². The number of hydrogen-bond donors (Lipinski definition) is 1. The maximum Gasteiger partial charge on any atom is 0.121 e. The Bertz CT molecular complexity index is 589. The Morgan fingerprint density at radius 1 is 1.24 bits per heavy atom. The predicted molar refractivity (Wildman–Crippen MR) is 90.2 cm³/mol. The van der Waals surface area contributed by atoms with Gasteiger partial charge in [0, 0.05) is 24.4 Å². The van der Waals surface area contributed by atoms with Gasteiger partial charge in [0.1, 0.15) is 12.4 Å². The monoisotopic (exact) mass is 345 g/mol. The van der Waals surface area contributed by atoms with E-state index in [-0.39, 0.29) is 6.04 Å². The molecule has 0 aliphatic rings. The molecular formula is C15H17Cl2NO2S. The Hall–Kier alpha value is -0.940. The Morgan fingerprint density at radius 2 is 2.05 bits per heavy atom. The normalized spacial score (nSPS) is 12.2. The summed E-state index contributed by atoms with van der Waals surface area (Å²) >= 11 is 13.5. The zero-order valence-corrected chi connectivity index (χ0v) is 14.2. The summed E-state index contributed by atoms with van der Waals surface area (Å²) in [5.41, 5.74) is 1.97. The van der Waals surface area contributed by atoms with Crippen LogP contribution < -0.4 is 10.1 Å². The molecule has 1 aromatic heterocycles. The lowest BCUT2D eigenvalue weighted by Crippen LogP contribution is -2.07. The largest absolute Gasteiger partial charge is 0.491 e. The van der Waals surface area contributed by atoms with Crippen LogP contribution in [-0.2, 0) is 4.74 Å². The van der Waals surface area contributed by atoms with Crippen molar-refractivity contribution in [1.29, 1.82) is 0 Å². The number of rotatable bonds is 7. The van der Waals surface area contributed by atoms with Crippen molar-refractivity contribution in [3.63, 3.8) is 0 Å². The van der Waals surface area contributed by atoms with Gasteiger partial charge in [-0.05, 0) is 25.1 Å². The van der Waals surface area contributed by atoms with Crippen LogP contribution in [0.25, 0.3) is 0 Å². The average molecular weight is 346 g/mol. The highest BCUT2D eigenvalue weighted by atomic mass is 35.5. The molecule has 2 aromatic rings. The van der Waals surface area contributed by atoms with Gasteiger partial charge in [-0.15, -0.1) is 11.3 Å². The Kier molecular flexibility index (Phi) is 6.18. The van der Waals surface area contributed by atoms with E-state index in [1.54, 1.807) is 7.11 Å². The van der Waals surface area contributed by atoms with Gasteiger partial charge in [-0.2, -0.15) is 0 Å². The van der Waals surface area contributed by atoms with Crippen LogP contribution in [0.1, 0.15) is 18.5 Å². The molecule has 0 saturated carbocycles. The minimum Gasteiger partial charge on any atom is -0.491 e. The Morgan fingerprint density at radius 3 is 2.71 bits per heavy atom. The molecule has 3 nitrogen and oxygen atoms in total. The van der Waals surface area contributed by atoms with E-state index < -0.39 is 0 Å². The molecule has 2 rings (SSSR count). The second-order valence-electron chi connectivity index (χ2n) is 4.51. The summed E-state index contributed by atoms with van der Waals surface area (Å²) < 4.78 is 12.0. The van der Waals surface area contributed by atoms with Gasteiger partial charge in [-0.3, -0.25) is 0 Å². The summed E-state index contributed by atoms with van der Waals surface area (Å²) in [6.07, 6.45) is 0. The van der Waals surface area contributed by atoms with Crippen molar-refractivity contribution in [2.24, 2.45) is 0 Å². The predicted octanol–water partition coefficient (Wildman–Crippen LogP) is 5.25. The van der Waals surface area contributed by atoms with E-state index in [0.29, 0.717) is 21.9 Å². The minimum absolute atomic E-state index is 0.0653. The fourth-order valence-electron chi connectivity index (χ4n) is 1.89. The molecule has 6 heteroatoms. The van der Waals surface area contributed by atoms with Gasteiger partial charge in [0.15, 0.2) is 0 Å². The molecule has 0 amide bonds. The molecule has 0 aliphatic heterocycles. The first-order valence-electron chi connectivity index (χ1n) is 6.53. The van der Waals surface area contributed by atoms with E-state index in [2.05, 4.69) is 5.32 Å². The molecule has 114 valence electrons. The van der Waals surface area contributed by atoms with Crippen LogP contribution in [0, 0.1) is 0 Å². The molecule has 1 atom stereocenters. The van der Waals surface area contributed by atoms with Crippen molar-refractivity contribution in [2.75, 3.05) is 25.6 Å². The van der Waals surface area contributed by atoms with E-state index in [1.165, 1.54) is 11.3 Å². The molecule has 0 spiro atoms. The lowest BCUT2D eigenvalue weighted by molar-refractivity contribution is 0.146. The lowest BCUT2D eigenvalue weighted by Gasteiger charge is -2.15. The fraction of sp³-hybridized carbons (Fsp3) is 0.333. The number of methoxy groups -OCH3 is 1. The summed E-state index contributed by atoms with van der Waals surface area (Å²) in [5.74, 6) is 0.804. The summed E-state index contributed by atoms with van der Waals surface area (Å²) in [6, 6.07) is 9.76. The maximum absolute atomic E-state index is 6.18. The maximum atomic E-state index is 6.18. The van der Waals surface area contributed by atoms with Gasteiger partial charge in [-0.1, -0.05) is 29.3 Å². The standard InChI is InChI=1S/C15H17Cl2NO2S/c1-10(13-9-14(16)21-15(13)17)18-11-4-3-5-12(8-11)20-7-6-19-2/h3-5,8-10,18H,6-7H2,1-2H3. The van der Waals surface area contributed by atoms with Crippen LogP contribution in [0.15, 0.2) is 30.3 Å². The van der Waals surface area contributed by atoms with Crippen molar-refractivity contribution >= 4 is 40.2 Å².